The van der Waals surface area contributed by atoms with E-state index in [1.165, 1.54) is 31.8 Å². The van der Waals surface area contributed by atoms with Gasteiger partial charge in [-0.15, -0.1) is 0 Å². The second-order valence-electron chi connectivity index (χ2n) is 12.6. The number of nitrogens with zero attached hydrogens (tertiary/aromatic N) is 6. The number of hydrogen-bond acceptors (Lipinski definition) is 8. The molecule has 2 aliphatic rings. The van der Waals surface area contributed by atoms with Crippen LogP contribution in [0.5, 0.6) is 0 Å². The molecule has 2 fully saturated rings. The number of nitriles is 1. The SMILES string of the molecule is CC(C)(O)C(F)CNC(=O)c1cnc(-c2ccc3cc(C#N)cnn23)cc1NC1CCC(c2cnn(C3CCCCO3)c2)CC1. The van der Waals surface area contributed by atoms with Crippen LogP contribution in [-0.4, -0.2) is 66.4 Å². The minimum atomic E-state index is -1.63. The molecule has 1 aliphatic heterocycles. The minimum absolute atomic E-state index is 0.0217. The van der Waals surface area contributed by atoms with Crippen molar-refractivity contribution in [1.29, 1.82) is 5.26 Å². The Morgan fingerprint density at radius 3 is 2.71 bits per heavy atom. The summed E-state index contributed by atoms with van der Waals surface area (Å²) in [6.45, 7) is 3.19. The molecule has 236 valence electrons. The fourth-order valence-corrected chi connectivity index (χ4v) is 6.12. The van der Waals surface area contributed by atoms with Gasteiger partial charge in [0, 0.05) is 25.0 Å². The Bertz CT molecular complexity index is 1690. The quantitative estimate of drug-likeness (QED) is 0.235. The molecular weight excluding hydrogens is 575 g/mol. The number of nitrogens with one attached hydrogen (secondary N) is 2. The molecule has 4 aromatic heterocycles. The van der Waals surface area contributed by atoms with Crippen LogP contribution in [0.3, 0.4) is 0 Å². The highest BCUT2D eigenvalue weighted by Gasteiger charge is 2.29. The summed E-state index contributed by atoms with van der Waals surface area (Å²) in [5.74, 6) is -0.0813. The highest BCUT2D eigenvalue weighted by Crippen LogP contribution is 2.36. The van der Waals surface area contributed by atoms with E-state index in [-0.39, 0.29) is 24.4 Å². The summed E-state index contributed by atoms with van der Waals surface area (Å²) in [5.41, 5.74) is 3.03. The summed E-state index contributed by atoms with van der Waals surface area (Å²) < 4.78 is 24.0. The van der Waals surface area contributed by atoms with Gasteiger partial charge in [-0.1, -0.05) is 0 Å². The monoisotopic (exact) mass is 614 g/mol. The number of hydrogen-bond donors (Lipinski definition) is 3. The molecule has 1 amide bonds. The van der Waals surface area contributed by atoms with Crippen LogP contribution in [0.1, 0.15) is 92.4 Å². The second-order valence-corrected chi connectivity index (χ2v) is 12.6. The fraction of sp³-hybridized carbons (Fsp3) is 0.485. The smallest absolute Gasteiger partial charge is 0.255 e. The molecule has 0 bridgehead atoms. The first kappa shape index (κ1) is 30.7. The third-order valence-corrected chi connectivity index (χ3v) is 8.88. The van der Waals surface area contributed by atoms with Crippen LogP contribution in [0.15, 0.2) is 49.1 Å². The molecule has 0 aromatic carbocycles. The zero-order chi connectivity index (χ0) is 31.6. The third-order valence-electron chi connectivity index (χ3n) is 8.88. The van der Waals surface area contributed by atoms with Crippen LogP contribution in [-0.2, 0) is 4.74 Å². The first-order chi connectivity index (χ1) is 21.7. The van der Waals surface area contributed by atoms with E-state index in [1.54, 1.807) is 10.6 Å². The number of aromatic nitrogens is 5. The summed E-state index contributed by atoms with van der Waals surface area (Å²) in [7, 11) is 0. The molecule has 2 atom stereocenters. The second kappa shape index (κ2) is 12.9. The summed E-state index contributed by atoms with van der Waals surface area (Å²) in [5, 5.41) is 34.4. The number of pyridine rings is 1. The number of carbonyl (C=O) groups excluding carboxylic acids is 1. The van der Waals surface area contributed by atoms with Gasteiger partial charge in [0.1, 0.15) is 18.5 Å². The lowest BCUT2D eigenvalue weighted by Gasteiger charge is -2.30. The van der Waals surface area contributed by atoms with Gasteiger partial charge in [-0.05, 0) is 94.5 Å². The number of carbonyl (C=O) groups is 1. The van der Waals surface area contributed by atoms with Gasteiger partial charge in [-0.2, -0.15) is 15.5 Å². The Balaban J connectivity index is 1.20. The van der Waals surface area contributed by atoms with Gasteiger partial charge >= 0.3 is 0 Å². The predicted octanol–water partition coefficient (Wildman–Crippen LogP) is 5.14. The van der Waals surface area contributed by atoms with Crippen molar-refractivity contribution in [3.05, 3.63) is 65.7 Å². The van der Waals surface area contributed by atoms with Crippen molar-refractivity contribution >= 4 is 17.1 Å². The lowest BCUT2D eigenvalue weighted by molar-refractivity contribution is -0.0395. The van der Waals surface area contributed by atoms with Crippen molar-refractivity contribution in [3.63, 3.8) is 0 Å². The lowest BCUT2D eigenvalue weighted by Crippen LogP contribution is -2.42. The van der Waals surface area contributed by atoms with Crippen LogP contribution >= 0.6 is 0 Å². The number of rotatable bonds is 9. The van der Waals surface area contributed by atoms with Crippen molar-refractivity contribution in [3.8, 4) is 17.5 Å². The first-order valence-corrected chi connectivity index (χ1v) is 15.6. The molecule has 4 aromatic rings. The van der Waals surface area contributed by atoms with Crippen LogP contribution in [0, 0.1) is 11.3 Å². The molecule has 1 saturated carbocycles. The number of ether oxygens (including phenoxy) is 1. The Labute approximate surface area is 261 Å². The van der Waals surface area contributed by atoms with Crippen LogP contribution in [0.25, 0.3) is 16.9 Å². The van der Waals surface area contributed by atoms with E-state index in [2.05, 4.69) is 38.1 Å². The largest absolute Gasteiger partial charge is 0.387 e. The highest BCUT2D eigenvalue weighted by molar-refractivity contribution is 6.00. The van der Waals surface area contributed by atoms with Crippen molar-refractivity contribution in [2.24, 2.45) is 0 Å². The van der Waals surface area contributed by atoms with E-state index in [1.807, 2.05) is 29.1 Å². The normalized spacial score (nSPS) is 21.3. The van der Waals surface area contributed by atoms with Gasteiger partial charge in [0.05, 0.1) is 58.3 Å². The van der Waals surface area contributed by atoms with Gasteiger partial charge in [0.2, 0.25) is 0 Å². The Morgan fingerprint density at radius 1 is 1.16 bits per heavy atom. The van der Waals surface area contributed by atoms with Gasteiger partial charge in [-0.25, -0.2) is 13.6 Å². The van der Waals surface area contributed by atoms with E-state index >= 15 is 0 Å². The molecule has 5 heterocycles. The summed E-state index contributed by atoms with van der Waals surface area (Å²) in [6, 6.07) is 9.52. The Kier molecular flexibility index (Phi) is 8.83. The molecule has 1 aliphatic carbocycles. The molecular formula is C33H39FN8O3. The van der Waals surface area contributed by atoms with Crippen molar-refractivity contribution in [1.82, 2.24) is 29.7 Å². The predicted molar refractivity (Wildman–Crippen MR) is 166 cm³/mol. The van der Waals surface area contributed by atoms with Gasteiger partial charge in [0.25, 0.3) is 5.91 Å². The summed E-state index contributed by atoms with van der Waals surface area (Å²) in [4.78, 5) is 17.8. The Hall–Kier alpha value is -4.34. The Morgan fingerprint density at radius 2 is 1.98 bits per heavy atom. The molecule has 6 rings (SSSR count). The number of fused-ring (bicyclic) bond motifs is 1. The molecule has 0 radical (unpaired) electrons. The molecule has 3 N–H and O–H groups in total. The van der Waals surface area contributed by atoms with Crippen LogP contribution < -0.4 is 10.6 Å². The fourth-order valence-electron chi connectivity index (χ4n) is 6.12. The van der Waals surface area contributed by atoms with Crippen molar-refractivity contribution in [2.75, 3.05) is 18.5 Å². The molecule has 0 spiro atoms. The maximum atomic E-state index is 14.5. The summed E-state index contributed by atoms with van der Waals surface area (Å²) >= 11 is 0. The number of aliphatic hydroxyl groups is 1. The number of halogens is 1. The third kappa shape index (κ3) is 6.84. The number of amides is 1. The van der Waals surface area contributed by atoms with E-state index in [9.17, 15) is 19.6 Å². The molecule has 1 saturated heterocycles. The van der Waals surface area contributed by atoms with E-state index in [0.717, 1.165) is 57.1 Å². The lowest BCUT2D eigenvalue weighted by atomic mass is 9.83. The zero-order valence-electron chi connectivity index (χ0n) is 25.6. The topological polar surface area (TPSA) is 142 Å². The van der Waals surface area contributed by atoms with E-state index in [0.29, 0.717) is 28.6 Å². The highest BCUT2D eigenvalue weighted by atomic mass is 19.1. The average Bonchev–Trinajstić information content (AvgIpc) is 3.71. The van der Waals surface area contributed by atoms with Crippen LogP contribution in [0.2, 0.25) is 0 Å². The standard InChI is InChI=1S/C33H39FN8O3/c1-33(2,44)30(34)19-37-32(43)26-18-36-28(29-11-10-25-13-21(15-35)16-39-42(25)29)14-27(26)40-24-8-6-22(7-9-24)23-17-38-41(20-23)31-5-3-4-12-45-31/h10-11,13-14,16-18,20,22,24,30-31,44H,3-9,12,19H2,1-2H3,(H,36,40)(H,37,43). The van der Waals surface area contributed by atoms with Crippen LogP contribution in [0.4, 0.5) is 10.1 Å². The molecule has 11 nitrogen and oxygen atoms in total. The first-order valence-electron chi connectivity index (χ1n) is 15.6. The van der Waals surface area contributed by atoms with Gasteiger partial charge in [0.15, 0.2) is 0 Å². The zero-order valence-corrected chi connectivity index (χ0v) is 25.6. The van der Waals surface area contributed by atoms with E-state index < -0.39 is 17.7 Å². The number of anilines is 1. The van der Waals surface area contributed by atoms with Gasteiger partial charge in [-0.3, -0.25) is 9.78 Å². The maximum Gasteiger partial charge on any atom is 0.255 e. The summed E-state index contributed by atoms with van der Waals surface area (Å²) in [6.07, 6.45) is 12.4. The van der Waals surface area contributed by atoms with Crippen molar-refractivity contribution in [2.45, 2.75) is 88.8 Å². The molecule has 45 heavy (non-hydrogen) atoms. The number of alkyl halides is 1. The van der Waals surface area contributed by atoms with Gasteiger partial charge < -0.3 is 20.5 Å². The van der Waals surface area contributed by atoms with Crippen molar-refractivity contribution < 1.29 is 19.0 Å². The van der Waals surface area contributed by atoms with E-state index in [4.69, 9.17) is 4.74 Å². The molecule has 12 heteroatoms. The maximum absolute atomic E-state index is 14.5. The molecule has 2 unspecified atom stereocenters. The minimum Gasteiger partial charge on any atom is -0.387 e. The average molecular weight is 615 g/mol.